The molecule has 0 aromatic heterocycles. The van der Waals surface area contributed by atoms with Crippen molar-refractivity contribution in [3.63, 3.8) is 0 Å². The van der Waals surface area contributed by atoms with Crippen LogP contribution >= 0.6 is 0 Å². The molecule has 4 heteroatoms. The summed E-state index contributed by atoms with van der Waals surface area (Å²) in [7, 11) is 0. The van der Waals surface area contributed by atoms with Gasteiger partial charge >= 0.3 is 11.9 Å². The molecule has 0 amide bonds. The minimum absolute atomic E-state index is 0.107. The average Bonchev–Trinajstić information content (AvgIpc) is 3.14. The number of ether oxygens (including phenoxy) is 2. The van der Waals surface area contributed by atoms with Crippen LogP contribution in [0.4, 0.5) is 0 Å². The molecular formula is C19H30O4. The van der Waals surface area contributed by atoms with Crippen LogP contribution < -0.4 is 0 Å². The molecule has 0 N–H and O–H groups in total. The number of rotatable bonds is 9. The fourth-order valence-electron chi connectivity index (χ4n) is 4.11. The molecule has 0 saturated heterocycles. The first-order valence-electron chi connectivity index (χ1n) is 9.13. The Morgan fingerprint density at radius 3 is 2.30 bits per heavy atom. The van der Waals surface area contributed by atoms with Crippen LogP contribution in [0.5, 0.6) is 0 Å². The van der Waals surface area contributed by atoms with Gasteiger partial charge in [0.05, 0.1) is 24.5 Å². The average molecular weight is 322 g/mol. The Hall–Kier alpha value is -1.32. The lowest BCUT2D eigenvalue weighted by molar-refractivity contribution is -0.171. The van der Waals surface area contributed by atoms with Crippen molar-refractivity contribution in [2.24, 2.45) is 23.2 Å². The molecule has 0 aliphatic heterocycles. The van der Waals surface area contributed by atoms with Crippen LogP contribution in [0.3, 0.4) is 0 Å². The number of carbonyl (C=O) groups is 2. The van der Waals surface area contributed by atoms with Gasteiger partial charge in [0, 0.05) is 0 Å². The van der Waals surface area contributed by atoms with Crippen LogP contribution in [0.25, 0.3) is 0 Å². The molecule has 4 atom stereocenters. The number of hydrogen-bond acceptors (Lipinski definition) is 4. The standard InChI is InChI=1S/C19H30O4/c1-4-7-11-22-17(20)16-14-9-10-15(13-14)19(16,6-3)18(21)23-12-8-5-2/h9-10,14-16H,4-8,11-13H2,1-3H3. The number of fused-ring (bicyclic) bond motifs is 2. The molecule has 1 fully saturated rings. The molecule has 130 valence electrons. The first-order chi connectivity index (χ1) is 11.1. The minimum atomic E-state index is -0.726. The Morgan fingerprint density at radius 1 is 1.04 bits per heavy atom. The van der Waals surface area contributed by atoms with E-state index in [0.717, 1.165) is 32.1 Å². The van der Waals surface area contributed by atoms with Crippen LogP contribution in [0.2, 0.25) is 0 Å². The molecule has 0 heterocycles. The fraction of sp³-hybridized carbons (Fsp3) is 0.789. The Balaban J connectivity index is 2.15. The Bertz CT molecular complexity index is 456. The lowest BCUT2D eigenvalue weighted by atomic mass is 9.66. The van der Waals surface area contributed by atoms with E-state index in [2.05, 4.69) is 26.0 Å². The van der Waals surface area contributed by atoms with Gasteiger partial charge in [-0.3, -0.25) is 9.59 Å². The summed E-state index contributed by atoms with van der Waals surface area (Å²) in [6.07, 6.45) is 9.38. The van der Waals surface area contributed by atoms with Gasteiger partial charge in [0.2, 0.25) is 0 Å². The van der Waals surface area contributed by atoms with Gasteiger partial charge in [0.15, 0.2) is 0 Å². The van der Waals surface area contributed by atoms with Crippen molar-refractivity contribution in [3.05, 3.63) is 12.2 Å². The number of carbonyl (C=O) groups excluding carboxylic acids is 2. The third-order valence-corrected chi connectivity index (χ3v) is 5.45. The van der Waals surface area contributed by atoms with E-state index < -0.39 is 5.41 Å². The van der Waals surface area contributed by atoms with Crippen molar-refractivity contribution in [2.45, 2.75) is 59.3 Å². The molecular weight excluding hydrogens is 292 g/mol. The van der Waals surface area contributed by atoms with E-state index in [1.807, 2.05) is 6.92 Å². The maximum Gasteiger partial charge on any atom is 0.313 e. The predicted octanol–water partition coefficient (Wildman–Crippen LogP) is 3.89. The highest BCUT2D eigenvalue weighted by Crippen LogP contribution is 2.59. The van der Waals surface area contributed by atoms with Crippen LogP contribution in [-0.4, -0.2) is 25.2 Å². The number of esters is 2. The molecule has 2 rings (SSSR count). The normalized spacial score (nSPS) is 31.3. The Kier molecular flexibility index (Phi) is 6.25. The molecule has 2 aliphatic carbocycles. The van der Waals surface area contributed by atoms with E-state index in [0.29, 0.717) is 19.6 Å². The quantitative estimate of drug-likeness (QED) is 0.367. The summed E-state index contributed by atoms with van der Waals surface area (Å²) in [6, 6.07) is 0. The zero-order valence-electron chi connectivity index (χ0n) is 14.7. The summed E-state index contributed by atoms with van der Waals surface area (Å²) in [4.78, 5) is 25.5. The lowest BCUT2D eigenvalue weighted by Crippen LogP contribution is -2.46. The number of allylic oxidation sites excluding steroid dienone is 2. The smallest absolute Gasteiger partial charge is 0.313 e. The maximum atomic E-state index is 12.8. The van der Waals surface area contributed by atoms with E-state index in [1.54, 1.807) is 0 Å². The maximum absolute atomic E-state index is 12.8. The highest BCUT2D eigenvalue weighted by atomic mass is 16.5. The van der Waals surface area contributed by atoms with Gasteiger partial charge in [-0.2, -0.15) is 0 Å². The van der Waals surface area contributed by atoms with Crippen molar-refractivity contribution < 1.29 is 19.1 Å². The van der Waals surface area contributed by atoms with Crippen LogP contribution in [0.1, 0.15) is 59.3 Å². The van der Waals surface area contributed by atoms with Crippen LogP contribution in [0.15, 0.2) is 12.2 Å². The number of unbranched alkanes of at least 4 members (excludes halogenated alkanes) is 2. The summed E-state index contributed by atoms with van der Waals surface area (Å²) < 4.78 is 11.0. The van der Waals surface area contributed by atoms with E-state index in [-0.39, 0.29) is 29.7 Å². The number of hydrogen-bond donors (Lipinski definition) is 0. The van der Waals surface area contributed by atoms with Gasteiger partial charge in [-0.25, -0.2) is 0 Å². The second-order valence-electron chi connectivity index (χ2n) is 6.77. The molecule has 2 bridgehead atoms. The van der Waals surface area contributed by atoms with Crippen molar-refractivity contribution in [1.29, 1.82) is 0 Å². The monoisotopic (exact) mass is 322 g/mol. The molecule has 0 aromatic carbocycles. The lowest BCUT2D eigenvalue weighted by Gasteiger charge is -2.37. The molecule has 0 aromatic rings. The Morgan fingerprint density at radius 2 is 1.70 bits per heavy atom. The van der Waals surface area contributed by atoms with Crippen molar-refractivity contribution in [3.8, 4) is 0 Å². The highest BCUT2D eigenvalue weighted by molar-refractivity contribution is 5.88. The first-order valence-corrected chi connectivity index (χ1v) is 9.13. The van der Waals surface area contributed by atoms with Gasteiger partial charge in [-0.1, -0.05) is 45.8 Å². The topological polar surface area (TPSA) is 52.6 Å². The molecule has 23 heavy (non-hydrogen) atoms. The van der Waals surface area contributed by atoms with Crippen molar-refractivity contribution >= 4 is 11.9 Å². The van der Waals surface area contributed by atoms with Gasteiger partial charge in [0.25, 0.3) is 0 Å². The van der Waals surface area contributed by atoms with E-state index in [9.17, 15) is 9.59 Å². The fourth-order valence-corrected chi connectivity index (χ4v) is 4.11. The first kappa shape index (κ1) is 18.0. The molecule has 4 nitrogen and oxygen atoms in total. The summed E-state index contributed by atoms with van der Waals surface area (Å²) >= 11 is 0. The largest absolute Gasteiger partial charge is 0.465 e. The summed E-state index contributed by atoms with van der Waals surface area (Å²) in [5, 5.41) is 0. The zero-order chi connectivity index (χ0) is 16.9. The van der Waals surface area contributed by atoms with E-state index >= 15 is 0 Å². The highest BCUT2D eigenvalue weighted by Gasteiger charge is 2.63. The SMILES string of the molecule is CCCCOC(=O)C1C2C=CC(C2)C1(CC)C(=O)OCCCC. The van der Waals surface area contributed by atoms with E-state index in [1.165, 1.54) is 0 Å². The van der Waals surface area contributed by atoms with Gasteiger partial charge in [-0.05, 0) is 37.5 Å². The minimum Gasteiger partial charge on any atom is -0.465 e. The third kappa shape index (κ3) is 3.31. The molecule has 0 spiro atoms. The molecule has 1 saturated carbocycles. The molecule has 0 radical (unpaired) electrons. The second-order valence-corrected chi connectivity index (χ2v) is 6.77. The summed E-state index contributed by atoms with van der Waals surface area (Å²) in [5.41, 5.74) is -0.726. The predicted molar refractivity (Wildman–Crippen MR) is 88.7 cm³/mol. The zero-order valence-corrected chi connectivity index (χ0v) is 14.7. The van der Waals surface area contributed by atoms with Crippen LogP contribution in [0, 0.1) is 23.2 Å². The van der Waals surface area contributed by atoms with Crippen molar-refractivity contribution in [2.75, 3.05) is 13.2 Å². The third-order valence-electron chi connectivity index (χ3n) is 5.45. The second kappa shape index (κ2) is 7.98. The van der Waals surface area contributed by atoms with Gasteiger partial charge in [0.1, 0.15) is 0 Å². The van der Waals surface area contributed by atoms with Crippen LogP contribution in [-0.2, 0) is 19.1 Å². The van der Waals surface area contributed by atoms with Gasteiger partial charge < -0.3 is 9.47 Å². The summed E-state index contributed by atoms with van der Waals surface area (Å²) in [5.74, 6) is -0.580. The summed E-state index contributed by atoms with van der Waals surface area (Å²) in [6.45, 7) is 7.00. The Labute approximate surface area is 139 Å². The molecule has 4 unspecified atom stereocenters. The van der Waals surface area contributed by atoms with Crippen molar-refractivity contribution in [1.82, 2.24) is 0 Å². The van der Waals surface area contributed by atoms with E-state index in [4.69, 9.17) is 9.47 Å². The van der Waals surface area contributed by atoms with Gasteiger partial charge in [-0.15, -0.1) is 0 Å². The molecule has 2 aliphatic rings.